The van der Waals surface area contributed by atoms with Gasteiger partial charge in [-0.25, -0.2) is 4.79 Å². The second-order valence-electron chi connectivity index (χ2n) is 5.62. The molecule has 0 aromatic carbocycles. The zero-order valence-corrected chi connectivity index (χ0v) is 11.2. The number of hydrogen-bond acceptors (Lipinski definition) is 4. The van der Waals surface area contributed by atoms with Crippen molar-refractivity contribution in [3.05, 3.63) is 0 Å². The van der Waals surface area contributed by atoms with Gasteiger partial charge in [0.2, 0.25) is 0 Å². The summed E-state index contributed by atoms with van der Waals surface area (Å²) in [6, 6.07) is 0.0743. The first-order chi connectivity index (χ1) is 7.79. The molecule has 0 radical (unpaired) electrons. The van der Waals surface area contributed by atoms with Crippen LogP contribution in [0.2, 0.25) is 0 Å². The second-order valence-corrected chi connectivity index (χ2v) is 5.62. The third-order valence-electron chi connectivity index (χ3n) is 2.50. The van der Waals surface area contributed by atoms with Crippen LogP contribution in [0.15, 0.2) is 0 Å². The van der Waals surface area contributed by atoms with Crippen molar-refractivity contribution in [2.45, 2.75) is 51.8 Å². The van der Waals surface area contributed by atoms with Crippen LogP contribution in [0.5, 0.6) is 0 Å². The van der Waals surface area contributed by atoms with Crippen molar-refractivity contribution in [3.8, 4) is 0 Å². The Kier molecular flexibility index (Phi) is 4.77. The molecule has 0 spiro atoms. The van der Waals surface area contributed by atoms with Crippen molar-refractivity contribution < 1.29 is 14.3 Å². The predicted octanol–water partition coefficient (Wildman–Crippen LogP) is 1.36. The van der Waals surface area contributed by atoms with E-state index in [-0.39, 0.29) is 18.2 Å². The van der Waals surface area contributed by atoms with E-state index in [1.165, 1.54) is 0 Å². The lowest BCUT2D eigenvalue weighted by molar-refractivity contribution is -0.0348. The minimum Gasteiger partial charge on any atom is -0.444 e. The lowest BCUT2D eigenvalue weighted by Gasteiger charge is -2.37. The minimum atomic E-state index is -0.464. The topological polar surface area (TPSA) is 64.8 Å². The average Bonchev–Trinajstić information content (AvgIpc) is 2.14. The molecule has 1 heterocycles. The molecule has 5 heteroatoms. The molecule has 0 aliphatic carbocycles. The van der Waals surface area contributed by atoms with Crippen LogP contribution in [0.4, 0.5) is 4.79 Å². The predicted molar refractivity (Wildman–Crippen MR) is 65.8 cm³/mol. The number of morpholine rings is 1. The Balaban J connectivity index is 2.61. The summed E-state index contributed by atoms with van der Waals surface area (Å²) in [6.07, 6.45) is 0.464. The van der Waals surface area contributed by atoms with Crippen LogP contribution in [0.3, 0.4) is 0 Å². The SMILES string of the molecule is C[C@H](N)CC1COCCN1C(=O)OC(C)(C)C. The maximum Gasteiger partial charge on any atom is 0.410 e. The van der Waals surface area contributed by atoms with Crippen molar-refractivity contribution in [1.29, 1.82) is 0 Å². The Morgan fingerprint density at radius 2 is 2.24 bits per heavy atom. The number of carbonyl (C=O) groups excluding carboxylic acids is 1. The van der Waals surface area contributed by atoms with E-state index in [1.807, 2.05) is 27.7 Å². The number of carbonyl (C=O) groups is 1. The summed E-state index contributed by atoms with van der Waals surface area (Å²) in [5, 5.41) is 0. The maximum atomic E-state index is 12.0. The van der Waals surface area contributed by atoms with E-state index in [1.54, 1.807) is 4.90 Å². The molecule has 1 aliphatic rings. The monoisotopic (exact) mass is 244 g/mol. The molecule has 100 valence electrons. The Labute approximate surface area is 103 Å². The number of amides is 1. The molecule has 17 heavy (non-hydrogen) atoms. The summed E-state index contributed by atoms with van der Waals surface area (Å²) in [7, 11) is 0. The Hall–Kier alpha value is -0.810. The molecule has 1 rings (SSSR count). The summed E-state index contributed by atoms with van der Waals surface area (Å²) in [5.74, 6) is 0. The van der Waals surface area contributed by atoms with E-state index in [9.17, 15) is 4.79 Å². The van der Waals surface area contributed by atoms with Crippen LogP contribution in [0.25, 0.3) is 0 Å². The molecule has 1 saturated heterocycles. The number of ether oxygens (including phenoxy) is 2. The van der Waals surface area contributed by atoms with E-state index < -0.39 is 5.60 Å². The van der Waals surface area contributed by atoms with Crippen LogP contribution in [-0.4, -0.2) is 48.4 Å². The molecule has 0 aromatic heterocycles. The van der Waals surface area contributed by atoms with Gasteiger partial charge in [0.1, 0.15) is 5.60 Å². The maximum absolute atomic E-state index is 12.0. The first kappa shape index (κ1) is 14.3. The lowest BCUT2D eigenvalue weighted by Crippen LogP contribution is -2.51. The van der Waals surface area contributed by atoms with Crippen LogP contribution < -0.4 is 5.73 Å². The average molecular weight is 244 g/mol. The van der Waals surface area contributed by atoms with E-state index in [0.717, 1.165) is 6.42 Å². The first-order valence-corrected chi connectivity index (χ1v) is 6.12. The quantitative estimate of drug-likeness (QED) is 0.796. The number of hydrogen-bond donors (Lipinski definition) is 1. The van der Waals surface area contributed by atoms with E-state index in [0.29, 0.717) is 19.8 Å². The zero-order valence-electron chi connectivity index (χ0n) is 11.2. The molecule has 1 fully saturated rings. The van der Waals surface area contributed by atoms with Gasteiger partial charge in [0.15, 0.2) is 0 Å². The van der Waals surface area contributed by atoms with Crippen LogP contribution in [-0.2, 0) is 9.47 Å². The highest BCUT2D eigenvalue weighted by Gasteiger charge is 2.31. The van der Waals surface area contributed by atoms with Gasteiger partial charge in [0, 0.05) is 12.6 Å². The fraction of sp³-hybridized carbons (Fsp3) is 0.917. The Morgan fingerprint density at radius 1 is 1.59 bits per heavy atom. The molecular weight excluding hydrogens is 220 g/mol. The Morgan fingerprint density at radius 3 is 2.76 bits per heavy atom. The molecular formula is C12H24N2O3. The van der Waals surface area contributed by atoms with Crippen molar-refractivity contribution in [1.82, 2.24) is 4.90 Å². The first-order valence-electron chi connectivity index (χ1n) is 6.12. The van der Waals surface area contributed by atoms with Gasteiger partial charge in [-0.15, -0.1) is 0 Å². The molecule has 1 unspecified atom stereocenters. The smallest absolute Gasteiger partial charge is 0.410 e. The van der Waals surface area contributed by atoms with Crippen molar-refractivity contribution >= 4 is 6.09 Å². The molecule has 2 N–H and O–H groups in total. The molecule has 1 aliphatic heterocycles. The van der Waals surface area contributed by atoms with Gasteiger partial charge in [0.05, 0.1) is 19.3 Å². The van der Waals surface area contributed by atoms with Crippen LogP contribution in [0.1, 0.15) is 34.1 Å². The molecule has 0 aromatic rings. The molecule has 5 nitrogen and oxygen atoms in total. The fourth-order valence-corrected chi connectivity index (χ4v) is 1.84. The highest BCUT2D eigenvalue weighted by molar-refractivity contribution is 5.68. The summed E-state index contributed by atoms with van der Waals surface area (Å²) < 4.78 is 10.8. The van der Waals surface area contributed by atoms with E-state index in [4.69, 9.17) is 15.2 Å². The molecule has 2 atom stereocenters. The van der Waals surface area contributed by atoms with Gasteiger partial charge in [-0.2, -0.15) is 0 Å². The van der Waals surface area contributed by atoms with E-state index >= 15 is 0 Å². The van der Waals surface area contributed by atoms with Crippen molar-refractivity contribution in [2.75, 3.05) is 19.8 Å². The normalized spacial score (nSPS) is 23.4. The molecule has 1 amide bonds. The zero-order chi connectivity index (χ0) is 13.1. The fourth-order valence-electron chi connectivity index (χ4n) is 1.84. The minimum absolute atomic E-state index is 0.0265. The standard InChI is InChI=1S/C12H24N2O3/c1-9(13)7-10-8-16-6-5-14(10)11(15)17-12(2,3)4/h9-10H,5-8,13H2,1-4H3/t9-,10?/m0/s1. The third kappa shape index (κ3) is 4.91. The van der Waals surface area contributed by atoms with Gasteiger partial charge < -0.3 is 20.1 Å². The number of nitrogens with zero attached hydrogens (tertiary/aromatic N) is 1. The summed E-state index contributed by atoms with van der Waals surface area (Å²) in [5.41, 5.74) is 5.31. The number of rotatable bonds is 2. The Bertz CT molecular complexity index is 261. The van der Waals surface area contributed by atoms with Gasteiger partial charge in [-0.1, -0.05) is 0 Å². The summed E-state index contributed by atoms with van der Waals surface area (Å²) in [6.45, 7) is 9.22. The van der Waals surface area contributed by atoms with Gasteiger partial charge >= 0.3 is 6.09 Å². The van der Waals surface area contributed by atoms with Crippen molar-refractivity contribution in [3.63, 3.8) is 0 Å². The largest absolute Gasteiger partial charge is 0.444 e. The van der Waals surface area contributed by atoms with Gasteiger partial charge in [-0.05, 0) is 34.1 Å². The van der Waals surface area contributed by atoms with Gasteiger partial charge in [0.25, 0.3) is 0 Å². The molecule has 0 bridgehead atoms. The van der Waals surface area contributed by atoms with E-state index in [2.05, 4.69) is 0 Å². The summed E-state index contributed by atoms with van der Waals surface area (Å²) in [4.78, 5) is 13.7. The third-order valence-corrected chi connectivity index (χ3v) is 2.50. The van der Waals surface area contributed by atoms with Crippen LogP contribution in [0, 0.1) is 0 Å². The molecule has 0 saturated carbocycles. The summed E-state index contributed by atoms with van der Waals surface area (Å²) >= 11 is 0. The van der Waals surface area contributed by atoms with Gasteiger partial charge in [-0.3, -0.25) is 0 Å². The van der Waals surface area contributed by atoms with Crippen molar-refractivity contribution in [2.24, 2.45) is 5.73 Å². The highest BCUT2D eigenvalue weighted by atomic mass is 16.6. The number of nitrogens with two attached hydrogens (primary N) is 1. The highest BCUT2D eigenvalue weighted by Crippen LogP contribution is 2.17. The van der Waals surface area contributed by atoms with Crippen LogP contribution >= 0.6 is 0 Å². The second kappa shape index (κ2) is 5.69. The lowest BCUT2D eigenvalue weighted by atomic mass is 10.1.